The van der Waals surface area contributed by atoms with E-state index in [2.05, 4.69) is 4.90 Å². The minimum atomic E-state index is -4.51. The maximum absolute atomic E-state index is 13.3. The van der Waals surface area contributed by atoms with E-state index in [0.29, 0.717) is 30.6 Å². The van der Waals surface area contributed by atoms with E-state index in [1.165, 1.54) is 6.07 Å². The van der Waals surface area contributed by atoms with E-state index in [0.717, 1.165) is 38.4 Å². The van der Waals surface area contributed by atoms with Crippen molar-refractivity contribution in [2.75, 3.05) is 19.6 Å². The van der Waals surface area contributed by atoms with Crippen molar-refractivity contribution in [3.63, 3.8) is 0 Å². The largest absolute Gasteiger partial charge is 0.416 e. The summed E-state index contributed by atoms with van der Waals surface area (Å²) in [6, 6.07) is 2.76. The molecule has 0 radical (unpaired) electrons. The zero-order chi connectivity index (χ0) is 15.5. The van der Waals surface area contributed by atoms with Crippen LogP contribution in [-0.2, 0) is 12.7 Å². The highest BCUT2D eigenvalue weighted by atomic mass is 19.4. The van der Waals surface area contributed by atoms with Gasteiger partial charge >= 0.3 is 6.18 Å². The summed E-state index contributed by atoms with van der Waals surface area (Å²) in [6.07, 6.45) is -1.52. The van der Waals surface area contributed by atoms with Crippen molar-refractivity contribution >= 4 is 0 Å². The molecule has 0 spiro atoms. The van der Waals surface area contributed by atoms with Gasteiger partial charge in [0, 0.05) is 6.54 Å². The van der Waals surface area contributed by atoms with Crippen LogP contribution < -0.4 is 5.73 Å². The van der Waals surface area contributed by atoms with E-state index in [1.54, 1.807) is 0 Å². The standard InChI is InChI=1S/C15H20F4N2/c16-14-8-12(7-13(9-14)15(17,18)19)10-21-5-2-11(1-4-20)3-6-21/h7-9,11H,1-6,10,20H2. The molecule has 2 N–H and O–H groups in total. The molecule has 1 aliphatic heterocycles. The number of likely N-dealkylation sites (tertiary alicyclic amines) is 1. The van der Waals surface area contributed by atoms with Gasteiger partial charge in [-0.15, -0.1) is 0 Å². The number of rotatable bonds is 4. The van der Waals surface area contributed by atoms with Crippen LogP contribution in [0.2, 0.25) is 0 Å². The summed E-state index contributed by atoms with van der Waals surface area (Å²) in [5, 5.41) is 0. The van der Waals surface area contributed by atoms with Crippen LogP contribution in [0.3, 0.4) is 0 Å². The Morgan fingerprint density at radius 1 is 1.14 bits per heavy atom. The summed E-state index contributed by atoms with van der Waals surface area (Å²) in [5.41, 5.74) is 4.98. The Morgan fingerprint density at radius 2 is 1.81 bits per heavy atom. The number of nitrogens with two attached hydrogens (primary N) is 1. The van der Waals surface area contributed by atoms with Crippen LogP contribution in [0.4, 0.5) is 17.6 Å². The van der Waals surface area contributed by atoms with Crippen LogP contribution in [-0.4, -0.2) is 24.5 Å². The molecule has 6 heteroatoms. The van der Waals surface area contributed by atoms with Gasteiger partial charge in [0.1, 0.15) is 5.82 Å². The Kier molecular flexibility index (Phi) is 5.22. The van der Waals surface area contributed by atoms with Crippen molar-refractivity contribution < 1.29 is 17.6 Å². The lowest BCUT2D eigenvalue weighted by Gasteiger charge is -2.31. The molecule has 0 aromatic heterocycles. The zero-order valence-corrected chi connectivity index (χ0v) is 11.8. The minimum Gasteiger partial charge on any atom is -0.330 e. The van der Waals surface area contributed by atoms with Crippen LogP contribution in [0.5, 0.6) is 0 Å². The first-order valence-corrected chi connectivity index (χ1v) is 7.17. The number of hydrogen-bond donors (Lipinski definition) is 1. The van der Waals surface area contributed by atoms with Crippen LogP contribution in [0.1, 0.15) is 30.4 Å². The molecule has 1 heterocycles. The highest BCUT2D eigenvalue weighted by Gasteiger charge is 2.31. The number of hydrogen-bond acceptors (Lipinski definition) is 2. The van der Waals surface area contributed by atoms with Gasteiger partial charge in [0.05, 0.1) is 5.56 Å². The van der Waals surface area contributed by atoms with Crippen LogP contribution >= 0.6 is 0 Å². The fourth-order valence-electron chi connectivity index (χ4n) is 2.83. The molecule has 0 aliphatic carbocycles. The fraction of sp³-hybridized carbons (Fsp3) is 0.600. The van der Waals surface area contributed by atoms with Gasteiger partial charge in [0.2, 0.25) is 0 Å². The molecule has 2 nitrogen and oxygen atoms in total. The van der Waals surface area contributed by atoms with Gasteiger partial charge in [-0.3, -0.25) is 4.90 Å². The number of benzene rings is 1. The SMILES string of the molecule is NCCC1CCN(Cc2cc(F)cc(C(F)(F)F)c2)CC1. The van der Waals surface area contributed by atoms with Crippen molar-refractivity contribution in [3.8, 4) is 0 Å². The van der Waals surface area contributed by atoms with Gasteiger partial charge in [-0.05, 0) is 68.6 Å². The van der Waals surface area contributed by atoms with Crippen molar-refractivity contribution in [2.24, 2.45) is 11.7 Å². The Morgan fingerprint density at radius 3 is 2.38 bits per heavy atom. The summed E-state index contributed by atoms with van der Waals surface area (Å²) < 4.78 is 51.4. The van der Waals surface area contributed by atoms with Crippen molar-refractivity contribution in [3.05, 3.63) is 35.1 Å². The molecule has 21 heavy (non-hydrogen) atoms. The first-order chi connectivity index (χ1) is 9.88. The lowest BCUT2D eigenvalue weighted by Crippen LogP contribution is -2.34. The first kappa shape index (κ1) is 16.2. The second-order valence-corrected chi connectivity index (χ2v) is 5.64. The first-order valence-electron chi connectivity index (χ1n) is 7.17. The third kappa shape index (κ3) is 4.68. The average Bonchev–Trinajstić information content (AvgIpc) is 2.40. The summed E-state index contributed by atoms with van der Waals surface area (Å²) >= 11 is 0. The number of piperidine rings is 1. The quantitative estimate of drug-likeness (QED) is 0.864. The normalized spacial score (nSPS) is 18.1. The van der Waals surface area contributed by atoms with Gasteiger partial charge < -0.3 is 5.73 Å². The smallest absolute Gasteiger partial charge is 0.330 e. The second kappa shape index (κ2) is 6.75. The number of halogens is 4. The molecule has 0 amide bonds. The van der Waals surface area contributed by atoms with E-state index in [1.807, 2.05) is 0 Å². The van der Waals surface area contributed by atoms with E-state index in [4.69, 9.17) is 5.73 Å². The van der Waals surface area contributed by atoms with E-state index < -0.39 is 17.6 Å². The highest BCUT2D eigenvalue weighted by molar-refractivity contribution is 5.26. The monoisotopic (exact) mass is 304 g/mol. The van der Waals surface area contributed by atoms with E-state index in [-0.39, 0.29) is 0 Å². The molecular weight excluding hydrogens is 284 g/mol. The van der Waals surface area contributed by atoms with Gasteiger partial charge in [0.25, 0.3) is 0 Å². The predicted molar refractivity (Wildman–Crippen MR) is 73.1 cm³/mol. The fourth-order valence-corrected chi connectivity index (χ4v) is 2.83. The van der Waals surface area contributed by atoms with Crippen molar-refractivity contribution in [2.45, 2.75) is 32.0 Å². The van der Waals surface area contributed by atoms with Gasteiger partial charge in [-0.25, -0.2) is 4.39 Å². The Hall–Kier alpha value is -1.14. The Bertz CT molecular complexity index is 465. The predicted octanol–water partition coefficient (Wildman–Crippen LogP) is 3.41. The van der Waals surface area contributed by atoms with Crippen LogP contribution in [0.15, 0.2) is 18.2 Å². The topological polar surface area (TPSA) is 29.3 Å². The molecule has 0 atom stereocenters. The molecule has 0 unspecified atom stereocenters. The highest BCUT2D eigenvalue weighted by Crippen LogP contribution is 2.31. The maximum atomic E-state index is 13.3. The molecule has 118 valence electrons. The molecule has 1 saturated heterocycles. The Balaban J connectivity index is 1.99. The molecule has 1 aliphatic rings. The summed E-state index contributed by atoms with van der Waals surface area (Å²) in [6.45, 7) is 2.67. The third-order valence-corrected chi connectivity index (χ3v) is 3.97. The minimum absolute atomic E-state index is 0.357. The van der Waals surface area contributed by atoms with Gasteiger partial charge in [0.15, 0.2) is 0 Å². The molecule has 1 aromatic rings. The van der Waals surface area contributed by atoms with Crippen molar-refractivity contribution in [1.29, 1.82) is 0 Å². The zero-order valence-electron chi connectivity index (χ0n) is 11.8. The summed E-state index contributed by atoms with van der Waals surface area (Å²) in [4.78, 5) is 2.07. The summed E-state index contributed by atoms with van der Waals surface area (Å²) in [7, 11) is 0. The van der Waals surface area contributed by atoms with E-state index >= 15 is 0 Å². The molecule has 1 aromatic carbocycles. The van der Waals surface area contributed by atoms with Crippen LogP contribution in [0, 0.1) is 11.7 Å². The Labute approximate surface area is 121 Å². The average molecular weight is 304 g/mol. The lowest BCUT2D eigenvalue weighted by molar-refractivity contribution is -0.137. The maximum Gasteiger partial charge on any atom is 0.416 e. The molecule has 0 saturated carbocycles. The van der Waals surface area contributed by atoms with Crippen molar-refractivity contribution in [1.82, 2.24) is 4.90 Å². The lowest BCUT2D eigenvalue weighted by atomic mass is 9.93. The third-order valence-electron chi connectivity index (χ3n) is 3.97. The molecule has 0 bridgehead atoms. The number of nitrogens with zero attached hydrogens (tertiary/aromatic N) is 1. The van der Waals surface area contributed by atoms with Gasteiger partial charge in [-0.2, -0.15) is 13.2 Å². The molecule has 2 rings (SSSR count). The van der Waals surface area contributed by atoms with Crippen LogP contribution in [0.25, 0.3) is 0 Å². The number of alkyl halides is 3. The molecule has 1 fully saturated rings. The molecular formula is C15H20F4N2. The summed E-state index contributed by atoms with van der Waals surface area (Å²) in [5.74, 6) is -0.234. The second-order valence-electron chi connectivity index (χ2n) is 5.64. The van der Waals surface area contributed by atoms with E-state index in [9.17, 15) is 17.6 Å². The van der Waals surface area contributed by atoms with Gasteiger partial charge in [-0.1, -0.05) is 0 Å².